The van der Waals surface area contributed by atoms with Gasteiger partial charge in [0.05, 0.1) is 10.4 Å². The molecule has 1 aliphatic carbocycles. The molecule has 0 aromatic heterocycles. The number of methoxy groups -OCH3 is 1. The SMILES string of the molecule is COC(F)(F)C(Br)=CC1C(C(=O)OC(C#N)c2cccc(Oc3ccccc3)c2)C1(C)C. The second-order valence-electron chi connectivity index (χ2n) is 7.99. The highest BCUT2D eigenvalue weighted by Gasteiger charge is 2.62. The Bertz CT molecular complexity index is 1050. The van der Waals surface area contributed by atoms with Crippen molar-refractivity contribution in [2.45, 2.75) is 26.1 Å². The van der Waals surface area contributed by atoms with Gasteiger partial charge in [0.25, 0.3) is 0 Å². The maximum Gasteiger partial charge on any atom is 0.389 e. The van der Waals surface area contributed by atoms with Crippen LogP contribution in [0.1, 0.15) is 25.5 Å². The van der Waals surface area contributed by atoms with Crippen LogP contribution >= 0.6 is 15.9 Å². The van der Waals surface area contributed by atoms with Crippen molar-refractivity contribution in [2.24, 2.45) is 17.3 Å². The molecule has 0 aliphatic heterocycles. The zero-order valence-corrected chi connectivity index (χ0v) is 19.3. The van der Waals surface area contributed by atoms with Gasteiger partial charge in [-0.05, 0) is 51.5 Å². The maximum atomic E-state index is 13.7. The summed E-state index contributed by atoms with van der Waals surface area (Å²) in [6.07, 6.45) is -3.38. The number of nitrogens with zero attached hydrogens (tertiary/aromatic N) is 1. The molecule has 0 heterocycles. The van der Waals surface area contributed by atoms with Gasteiger partial charge in [-0.15, -0.1) is 0 Å². The minimum Gasteiger partial charge on any atom is -0.457 e. The summed E-state index contributed by atoms with van der Waals surface area (Å²) in [6, 6.07) is 17.8. The van der Waals surface area contributed by atoms with Gasteiger partial charge in [0.15, 0.2) is 0 Å². The van der Waals surface area contributed by atoms with Crippen LogP contribution in [0, 0.1) is 28.6 Å². The highest BCUT2D eigenvalue weighted by molar-refractivity contribution is 9.11. The molecule has 0 amide bonds. The summed E-state index contributed by atoms with van der Waals surface area (Å²) in [7, 11) is 0.895. The molecule has 0 spiro atoms. The lowest BCUT2D eigenvalue weighted by Crippen LogP contribution is -2.18. The van der Waals surface area contributed by atoms with E-state index < -0.39 is 39.9 Å². The standard InChI is InChI=1S/C24H22BrF2NO4/c1-23(2)18(13-20(25)24(26,27)30-3)21(23)22(29)32-19(14-28)15-8-7-11-17(12-15)31-16-9-5-4-6-10-16/h4-13,18-19,21H,1-3H3. The summed E-state index contributed by atoms with van der Waals surface area (Å²) in [5, 5.41) is 9.59. The minimum absolute atomic E-state index is 0.451. The third-order valence-corrected chi connectivity index (χ3v) is 6.24. The average Bonchev–Trinajstić information content (AvgIpc) is 3.32. The number of benzene rings is 2. The predicted molar refractivity (Wildman–Crippen MR) is 117 cm³/mol. The Balaban J connectivity index is 1.72. The Morgan fingerprint density at radius 2 is 1.84 bits per heavy atom. The predicted octanol–water partition coefficient (Wildman–Crippen LogP) is 6.38. The first-order chi connectivity index (χ1) is 15.1. The van der Waals surface area contributed by atoms with Crippen molar-refractivity contribution < 1.29 is 27.8 Å². The molecule has 3 unspecified atom stereocenters. The van der Waals surface area contributed by atoms with Gasteiger partial charge in [0.1, 0.15) is 17.6 Å². The molecule has 3 rings (SSSR count). The number of rotatable bonds is 8. The first-order valence-electron chi connectivity index (χ1n) is 9.84. The highest BCUT2D eigenvalue weighted by atomic mass is 79.9. The van der Waals surface area contributed by atoms with Crippen LogP contribution in [0.15, 0.2) is 65.2 Å². The number of allylic oxidation sites excluding steroid dienone is 1. The quantitative estimate of drug-likeness (QED) is 0.389. The summed E-state index contributed by atoms with van der Waals surface area (Å²) in [6.45, 7) is 3.56. The Labute approximate surface area is 193 Å². The third-order valence-electron chi connectivity index (χ3n) is 5.52. The minimum atomic E-state index is -3.48. The van der Waals surface area contributed by atoms with Crippen molar-refractivity contribution in [3.8, 4) is 17.6 Å². The molecule has 2 aromatic carbocycles. The molecular weight excluding hydrogens is 484 g/mol. The molecule has 32 heavy (non-hydrogen) atoms. The number of carbonyl (C=O) groups is 1. The van der Waals surface area contributed by atoms with Crippen LogP contribution in [-0.4, -0.2) is 19.2 Å². The monoisotopic (exact) mass is 505 g/mol. The van der Waals surface area contributed by atoms with Crippen molar-refractivity contribution in [1.82, 2.24) is 0 Å². The second kappa shape index (κ2) is 9.39. The van der Waals surface area contributed by atoms with E-state index in [4.69, 9.17) is 9.47 Å². The molecule has 5 nitrogen and oxygen atoms in total. The van der Waals surface area contributed by atoms with Gasteiger partial charge in [-0.1, -0.05) is 50.3 Å². The van der Waals surface area contributed by atoms with Crippen molar-refractivity contribution >= 4 is 21.9 Å². The van der Waals surface area contributed by atoms with E-state index in [9.17, 15) is 18.8 Å². The van der Waals surface area contributed by atoms with Crippen molar-refractivity contribution in [2.75, 3.05) is 7.11 Å². The average molecular weight is 506 g/mol. The number of alkyl halides is 2. The first kappa shape index (κ1) is 23.9. The van der Waals surface area contributed by atoms with Crippen LogP contribution in [0.3, 0.4) is 0 Å². The number of ether oxygens (including phenoxy) is 3. The van der Waals surface area contributed by atoms with Gasteiger partial charge in [0.2, 0.25) is 6.10 Å². The largest absolute Gasteiger partial charge is 0.457 e. The van der Waals surface area contributed by atoms with Gasteiger partial charge in [-0.25, -0.2) is 0 Å². The van der Waals surface area contributed by atoms with E-state index in [1.807, 2.05) is 24.3 Å². The third kappa shape index (κ3) is 5.17. The van der Waals surface area contributed by atoms with E-state index in [0.717, 1.165) is 7.11 Å². The Kier molecular flexibility index (Phi) is 7.01. The number of esters is 1. The lowest BCUT2D eigenvalue weighted by molar-refractivity contribution is -0.183. The van der Waals surface area contributed by atoms with Gasteiger partial charge in [-0.3, -0.25) is 4.79 Å². The summed E-state index contributed by atoms with van der Waals surface area (Å²) in [5.41, 5.74) is -0.148. The second-order valence-corrected chi connectivity index (χ2v) is 8.85. The number of halogens is 3. The number of hydrogen-bond acceptors (Lipinski definition) is 5. The van der Waals surface area contributed by atoms with Crippen LogP contribution in [0.4, 0.5) is 8.78 Å². The fourth-order valence-corrected chi connectivity index (χ4v) is 3.96. The van der Waals surface area contributed by atoms with E-state index in [1.165, 1.54) is 6.08 Å². The van der Waals surface area contributed by atoms with E-state index in [0.29, 0.717) is 17.1 Å². The topological polar surface area (TPSA) is 68.5 Å². The van der Waals surface area contributed by atoms with Crippen molar-refractivity contribution in [3.05, 3.63) is 70.7 Å². The number of nitriles is 1. The zero-order chi connectivity index (χ0) is 23.5. The van der Waals surface area contributed by atoms with Gasteiger partial charge in [-0.2, -0.15) is 14.0 Å². The lowest BCUT2D eigenvalue weighted by Gasteiger charge is -2.14. The molecule has 0 N–H and O–H groups in total. The first-order valence-corrected chi connectivity index (χ1v) is 10.6. The van der Waals surface area contributed by atoms with Gasteiger partial charge in [0, 0.05) is 12.7 Å². The molecule has 1 saturated carbocycles. The molecule has 3 atom stereocenters. The summed E-state index contributed by atoms with van der Waals surface area (Å²) >= 11 is 2.83. The normalized spacial score (nSPS) is 20.7. The van der Waals surface area contributed by atoms with Crippen LogP contribution in [0.25, 0.3) is 0 Å². The van der Waals surface area contributed by atoms with Gasteiger partial charge < -0.3 is 14.2 Å². The van der Waals surface area contributed by atoms with Crippen molar-refractivity contribution in [1.29, 1.82) is 5.26 Å². The molecule has 8 heteroatoms. The van der Waals surface area contributed by atoms with E-state index in [1.54, 1.807) is 50.2 Å². The van der Waals surface area contributed by atoms with Crippen LogP contribution in [-0.2, 0) is 14.3 Å². The van der Waals surface area contributed by atoms with Crippen LogP contribution < -0.4 is 4.74 Å². The lowest BCUT2D eigenvalue weighted by atomic mass is 10.1. The fourth-order valence-electron chi connectivity index (χ4n) is 3.52. The molecule has 2 aromatic rings. The Hall–Kier alpha value is -2.76. The Morgan fingerprint density at radius 3 is 2.47 bits per heavy atom. The highest BCUT2D eigenvalue weighted by Crippen LogP contribution is 2.60. The number of hydrogen-bond donors (Lipinski definition) is 0. The number of carbonyl (C=O) groups excluding carboxylic acids is 1. The maximum absolute atomic E-state index is 13.7. The molecule has 0 radical (unpaired) electrons. The van der Waals surface area contributed by atoms with E-state index in [2.05, 4.69) is 20.7 Å². The number of para-hydroxylation sites is 1. The smallest absolute Gasteiger partial charge is 0.389 e. The summed E-state index contributed by atoms with van der Waals surface area (Å²) in [5.74, 6) is -0.663. The van der Waals surface area contributed by atoms with Crippen molar-refractivity contribution in [3.63, 3.8) is 0 Å². The van der Waals surface area contributed by atoms with Crippen LogP contribution in [0.2, 0.25) is 0 Å². The molecule has 1 aliphatic rings. The molecular formula is C24H22BrF2NO4. The van der Waals surface area contributed by atoms with Gasteiger partial charge >= 0.3 is 12.1 Å². The summed E-state index contributed by atoms with van der Waals surface area (Å²) in [4.78, 5) is 12.8. The molecule has 0 saturated heterocycles. The summed E-state index contributed by atoms with van der Waals surface area (Å²) < 4.78 is 42.3. The zero-order valence-electron chi connectivity index (χ0n) is 17.7. The van der Waals surface area contributed by atoms with E-state index >= 15 is 0 Å². The molecule has 1 fully saturated rings. The Morgan fingerprint density at radius 1 is 1.19 bits per heavy atom. The molecule has 168 valence electrons. The van der Waals surface area contributed by atoms with Crippen LogP contribution in [0.5, 0.6) is 11.5 Å². The fraction of sp³-hybridized carbons (Fsp3) is 0.333. The molecule has 0 bridgehead atoms. The van der Waals surface area contributed by atoms with E-state index in [-0.39, 0.29) is 0 Å².